The summed E-state index contributed by atoms with van der Waals surface area (Å²) < 4.78 is 32.6. The summed E-state index contributed by atoms with van der Waals surface area (Å²) in [5.41, 5.74) is 2.03. The third-order valence-corrected chi connectivity index (χ3v) is 5.27. The first-order chi connectivity index (χ1) is 12.4. The van der Waals surface area contributed by atoms with E-state index in [4.69, 9.17) is 4.74 Å². The van der Waals surface area contributed by atoms with Gasteiger partial charge in [0.25, 0.3) is 0 Å². The van der Waals surface area contributed by atoms with Gasteiger partial charge < -0.3 is 9.84 Å². The molecule has 6 heteroatoms. The van der Waals surface area contributed by atoms with E-state index in [2.05, 4.69) is 4.72 Å². The molecule has 0 aliphatic rings. The summed E-state index contributed by atoms with van der Waals surface area (Å²) in [6.07, 6.45) is 2.35. The summed E-state index contributed by atoms with van der Waals surface area (Å²) in [6.45, 7) is 4.17. The molecule has 0 saturated heterocycles. The molecule has 140 valence electrons. The topological polar surface area (TPSA) is 75.6 Å². The van der Waals surface area contributed by atoms with Crippen LogP contribution in [-0.4, -0.2) is 32.3 Å². The number of hydrogen-bond acceptors (Lipinski definition) is 4. The zero-order valence-corrected chi connectivity index (χ0v) is 15.8. The molecule has 0 unspecified atom stereocenters. The van der Waals surface area contributed by atoms with Gasteiger partial charge in [0, 0.05) is 6.04 Å². The van der Waals surface area contributed by atoms with E-state index in [1.165, 1.54) is 6.08 Å². The van der Waals surface area contributed by atoms with Crippen LogP contribution in [0.2, 0.25) is 0 Å². The molecule has 0 aromatic heterocycles. The van der Waals surface area contributed by atoms with E-state index in [9.17, 15) is 13.5 Å². The second kappa shape index (κ2) is 9.64. The number of rotatable bonds is 9. The number of nitrogens with one attached hydrogen (secondary N) is 1. The molecule has 0 spiro atoms. The second-order valence-corrected chi connectivity index (χ2v) is 7.89. The Morgan fingerprint density at radius 3 is 2.38 bits per heavy atom. The smallest absolute Gasteiger partial charge is 0.241 e. The highest BCUT2D eigenvalue weighted by Crippen LogP contribution is 2.10. The van der Waals surface area contributed by atoms with Gasteiger partial charge in [0.15, 0.2) is 0 Å². The van der Waals surface area contributed by atoms with Gasteiger partial charge in [0.2, 0.25) is 10.0 Å². The van der Waals surface area contributed by atoms with Crippen LogP contribution < -0.4 is 4.72 Å². The predicted molar refractivity (Wildman–Crippen MR) is 102 cm³/mol. The summed E-state index contributed by atoms with van der Waals surface area (Å²) in [5.74, 6) is 0. The summed E-state index contributed by atoms with van der Waals surface area (Å²) in [5, 5.41) is 9.93. The number of benzene rings is 2. The zero-order chi connectivity index (χ0) is 19.0. The lowest BCUT2D eigenvalue weighted by Crippen LogP contribution is -2.31. The highest BCUT2D eigenvalue weighted by atomic mass is 32.2. The number of aliphatic hydroxyl groups excluding tert-OH is 1. The lowest BCUT2D eigenvalue weighted by molar-refractivity contribution is 0.0502. The molecule has 0 radical (unpaired) electrons. The van der Waals surface area contributed by atoms with Gasteiger partial charge in [-0.15, -0.1) is 0 Å². The van der Waals surface area contributed by atoms with Crippen LogP contribution in [0.15, 0.2) is 71.6 Å². The third kappa shape index (κ3) is 6.72. The quantitative estimate of drug-likeness (QED) is 0.661. The fraction of sp³-hybridized carbons (Fsp3) is 0.300. The van der Waals surface area contributed by atoms with Gasteiger partial charge >= 0.3 is 0 Å². The molecule has 2 atom stereocenters. The Bertz CT molecular complexity index is 801. The van der Waals surface area contributed by atoms with E-state index in [1.807, 2.05) is 37.3 Å². The van der Waals surface area contributed by atoms with E-state index in [-0.39, 0.29) is 11.5 Å². The first-order valence-corrected chi connectivity index (χ1v) is 9.92. The second-order valence-electron chi connectivity index (χ2n) is 6.18. The largest absolute Gasteiger partial charge is 0.387 e. The molecule has 0 heterocycles. The standard InChI is InChI=1S/C20H25NO4S/c1-16-8-12-20(13-9-16)26(23,24)21-17(2)10-11-19(22)15-25-14-18-6-4-3-5-7-18/h3-13,17,19,21-22H,14-15H2,1-2H3/t17-,19-/m1/s1. The van der Waals surface area contributed by atoms with Crippen molar-refractivity contribution >= 4 is 10.0 Å². The van der Waals surface area contributed by atoms with Crippen LogP contribution in [-0.2, 0) is 21.4 Å². The lowest BCUT2D eigenvalue weighted by Gasteiger charge is -2.12. The molecule has 5 nitrogen and oxygen atoms in total. The summed E-state index contributed by atoms with van der Waals surface area (Å²) in [4.78, 5) is 0.218. The SMILES string of the molecule is Cc1ccc(S(=O)(=O)N[C@H](C)C=C[C@@H](O)COCc2ccccc2)cc1. The average molecular weight is 375 g/mol. The normalized spacial score (nSPS) is 14.4. The Kier molecular flexibility index (Phi) is 7.53. The van der Waals surface area contributed by atoms with Gasteiger partial charge in [-0.25, -0.2) is 13.1 Å². The van der Waals surface area contributed by atoms with E-state index >= 15 is 0 Å². The molecule has 0 fully saturated rings. The highest BCUT2D eigenvalue weighted by Gasteiger charge is 2.15. The molecule has 0 bridgehead atoms. The number of hydrogen-bond donors (Lipinski definition) is 2. The van der Waals surface area contributed by atoms with Crippen molar-refractivity contribution in [1.29, 1.82) is 0 Å². The van der Waals surface area contributed by atoms with Crippen LogP contribution in [0.25, 0.3) is 0 Å². The van der Waals surface area contributed by atoms with Gasteiger partial charge in [0.1, 0.15) is 0 Å². The molecule has 2 aromatic carbocycles. The minimum absolute atomic E-state index is 0.142. The van der Waals surface area contributed by atoms with Gasteiger partial charge in [-0.05, 0) is 31.5 Å². The fourth-order valence-electron chi connectivity index (χ4n) is 2.29. The molecule has 0 amide bonds. The molecule has 0 aliphatic carbocycles. The number of aryl methyl sites for hydroxylation is 1. The minimum Gasteiger partial charge on any atom is -0.387 e. The average Bonchev–Trinajstić information content (AvgIpc) is 2.61. The predicted octanol–water partition coefficient (Wildman–Crippen LogP) is 2.80. The molecule has 0 aliphatic heterocycles. The Hall–Kier alpha value is -1.99. The maximum absolute atomic E-state index is 12.3. The number of sulfonamides is 1. The molecular weight excluding hydrogens is 350 g/mol. The third-order valence-electron chi connectivity index (χ3n) is 3.69. The molecule has 2 rings (SSSR count). The number of aliphatic hydroxyl groups is 1. The minimum atomic E-state index is -3.59. The van der Waals surface area contributed by atoms with Crippen molar-refractivity contribution in [3.05, 3.63) is 77.9 Å². The molecule has 0 saturated carbocycles. The van der Waals surface area contributed by atoms with Gasteiger partial charge in [-0.3, -0.25) is 0 Å². The Morgan fingerprint density at radius 2 is 1.73 bits per heavy atom. The van der Waals surface area contributed by atoms with Crippen LogP contribution in [0, 0.1) is 6.92 Å². The maximum atomic E-state index is 12.3. The number of ether oxygens (including phenoxy) is 1. The van der Waals surface area contributed by atoms with Crippen molar-refractivity contribution in [2.75, 3.05) is 6.61 Å². The monoisotopic (exact) mass is 375 g/mol. The Labute approximate surface area is 155 Å². The van der Waals surface area contributed by atoms with E-state index < -0.39 is 22.2 Å². The summed E-state index contributed by atoms with van der Waals surface area (Å²) in [7, 11) is -3.59. The van der Waals surface area contributed by atoms with Crippen LogP contribution in [0.4, 0.5) is 0 Å². The molecular formula is C20H25NO4S. The van der Waals surface area contributed by atoms with Crippen molar-refractivity contribution in [2.24, 2.45) is 0 Å². The molecule has 2 N–H and O–H groups in total. The van der Waals surface area contributed by atoms with E-state index in [0.717, 1.165) is 11.1 Å². The van der Waals surface area contributed by atoms with E-state index in [0.29, 0.717) is 6.61 Å². The van der Waals surface area contributed by atoms with Crippen molar-refractivity contribution in [1.82, 2.24) is 4.72 Å². The van der Waals surface area contributed by atoms with Crippen LogP contribution in [0.1, 0.15) is 18.1 Å². The first kappa shape index (κ1) is 20.3. The van der Waals surface area contributed by atoms with Crippen molar-refractivity contribution in [3.63, 3.8) is 0 Å². The van der Waals surface area contributed by atoms with Crippen molar-refractivity contribution in [2.45, 2.75) is 37.5 Å². The summed E-state index contributed by atoms with van der Waals surface area (Å²) >= 11 is 0. The zero-order valence-electron chi connectivity index (χ0n) is 15.0. The van der Waals surface area contributed by atoms with Crippen molar-refractivity contribution in [3.8, 4) is 0 Å². The maximum Gasteiger partial charge on any atom is 0.241 e. The van der Waals surface area contributed by atoms with Crippen molar-refractivity contribution < 1.29 is 18.3 Å². The first-order valence-electron chi connectivity index (χ1n) is 8.44. The van der Waals surface area contributed by atoms with Gasteiger partial charge in [-0.1, -0.05) is 60.2 Å². The molecule has 2 aromatic rings. The van der Waals surface area contributed by atoms with Crippen LogP contribution in [0.3, 0.4) is 0 Å². The summed E-state index contributed by atoms with van der Waals surface area (Å²) in [6, 6.07) is 15.9. The van der Waals surface area contributed by atoms with Gasteiger partial charge in [-0.2, -0.15) is 0 Å². The lowest BCUT2D eigenvalue weighted by atomic mass is 10.2. The highest BCUT2D eigenvalue weighted by molar-refractivity contribution is 7.89. The van der Waals surface area contributed by atoms with E-state index in [1.54, 1.807) is 37.3 Å². The molecule has 26 heavy (non-hydrogen) atoms. The fourth-order valence-corrected chi connectivity index (χ4v) is 3.49. The Balaban J connectivity index is 1.80. The van der Waals surface area contributed by atoms with Crippen LogP contribution in [0.5, 0.6) is 0 Å². The van der Waals surface area contributed by atoms with Crippen LogP contribution >= 0.6 is 0 Å². The van der Waals surface area contributed by atoms with Gasteiger partial charge in [0.05, 0.1) is 24.2 Å². The Morgan fingerprint density at radius 1 is 1.08 bits per heavy atom.